The molecule has 228 valence electrons. The number of benzene rings is 7. The van der Waals surface area contributed by atoms with Crippen LogP contribution in [0.25, 0.3) is 93.7 Å². The van der Waals surface area contributed by atoms with E-state index in [-0.39, 0.29) is 0 Å². The molecule has 0 unspecified atom stereocenters. The molecule has 4 nitrogen and oxygen atoms in total. The van der Waals surface area contributed by atoms with Gasteiger partial charge in [-0.25, -0.2) is 4.98 Å². The SMILES string of the molecule is c1ccc(-n2c3ccccc3c3cc(-c4ccc5c(c4)c4c(c6ccccc6c6nc7ccccc7n64)n5-c4ccccc4)ccc32)cc1. The van der Waals surface area contributed by atoms with Crippen LogP contribution in [-0.4, -0.2) is 18.5 Å². The van der Waals surface area contributed by atoms with Crippen LogP contribution in [0.1, 0.15) is 0 Å². The fourth-order valence-electron chi connectivity index (χ4n) is 8.10. The third-order valence-corrected chi connectivity index (χ3v) is 10.2. The van der Waals surface area contributed by atoms with Gasteiger partial charge in [-0.15, -0.1) is 0 Å². The maximum Gasteiger partial charge on any atom is 0.146 e. The van der Waals surface area contributed by atoms with Crippen molar-refractivity contribution in [3.05, 3.63) is 170 Å². The van der Waals surface area contributed by atoms with E-state index in [0.717, 1.165) is 27.8 Å². The molecule has 0 aliphatic carbocycles. The molecule has 0 N–H and O–H groups in total. The summed E-state index contributed by atoms with van der Waals surface area (Å²) < 4.78 is 7.19. The summed E-state index contributed by atoms with van der Waals surface area (Å²) in [4.78, 5) is 5.20. The number of rotatable bonds is 3. The minimum atomic E-state index is 0.983. The smallest absolute Gasteiger partial charge is 0.146 e. The molecule has 11 rings (SSSR count). The summed E-state index contributed by atoms with van der Waals surface area (Å²) in [5.41, 5.74) is 13.7. The molecule has 49 heavy (non-hydrogen) atoms. The Labute approximate surface area is 281 Å². The average molecular weight is 625 g/mol. The molecule has 0 aliphatic heterocycles. The monoisotopic (exact) mass is 624 g/mol. The summed E-state index contributed by atoms with van der Waals surface area (Å²) in [5.74, 6) is 0. The number of hydrogen-bond donors (Lipinski definition) is 0. The molecular formula is C45H28N4. The number of fused-ring (bicyclic) bond motifs is 13. The van der Waals surface area contributed by atoms with Crippen molar-refractivity contribution in [1.82, 2.24) is 18.5 Å². The van der Waals surface area contributed by atoms with E-state index in [2.05, 4.69) is 183 Å². The van der Waals surface area contributed by atoms with E-state index in [9.17, 15) is 0 Å². The molecule has 0 fully saturated rings. The fraction of sp³-hybridized carbons (Fsp3) is 0. The Kier molecular flexibility index (Phi) is 5.35. The predicted octanol–water partition coefficient (Wildman–Crippen LogP) is 11.5. The second-order valence-electron chi connectivity index (χ2n) is 12.8. The van der Waals surface area contributed by atoms with E-state index >= 15 is 0 Å². The quantitative estimate of drug-likeness (QED) is 0.192. The first kappa shape index (κ1) is 26.4. The van der Waals surface area contributed by atoms with Crippen LogP contribution in [0.2, 0.25) is 0 Å². The van der Waals surface area contributed by atoms with Crippen LogP contribution in [0.15, 0.2) is 170 Å². The maximum atomic E-state index is 5.20. The number of para-hydroxylation sites is 5. The Balaban J connectivity index is 1.26. The third kappa shape index (κ3) is 3.66. The molecule has 4 heteroatoms. The van der Waals surface area contributed by atoms with E-state index in [4.69, 9.17) is 4.98 Å². The van der Waals surface area contributed by atoms with E-state index in [1.54, 1.807) is 0 Å². The van der Waals surface area contributed by atoms with Gasteiger partial charge in [0.25, 0.3) is 0 Å². The summed E-state index contributed by atoms with van der Waals surface area (Å²) in [6, 6.07) is 61.2. The second kappa shape index (κ2) is 9.93. The summed E-state index contributed by atoms with van der Waals surface area (Å²) >= 11 is 0. The van der Waals surface area contributed by atoms with Gasteiger partial charge in [-0.2, -0.15) is 0 Å². The minimum Gasteiger partial charge on any atom is -0.309 e. The van der Waals surface area contributed by atoms with Gasteiger partial charge in [-0.1, -0.05) is 103 Å². The largest absolute Gasteiger partial charge is 0.309 e. The Morgan fingerprint density at radius 3 is 1.61 bits per heavy atom. The Morgan fingerprint density at radius 1 is 0.347 bits per heavy atom. The van der Waals surface area contributed by atoms with Crippen molar-refractivity contribution in [3.63, 3.8) is 0 Å². The maximum absolute atomic E-state index is 5.20. The molecule has 0 saturated heterocycles. The van der Waals surface area contributed by atoms with Crippen LogP contribution in [0.3, 0.4) is 0 Å². The number of aromatic nitrogens is 4. The van der Waals surface area contributed by atoms with Gasteiger partial charge in [0.2, 0.25) is 0 Å². The molecule has 0 spiro atoms. The van der Waals surface area contributed by atoms with Gasteiger partial charge < -0.3 is 9.13 Å². The van der Waals surface area contributed by atoms with Crippen LogP contribution >= 0.6 is 0 Å². The van der Waals surface area contributed by atoms with Crippen molar-refractivity contribution in [2.24, 2.45) is 0 Å². The number of hydrogen-bond acceptors (Lipinski definition) is 1. The van der Waals surface area contributed by atoms with Crippen molar-refractivity contribution in [1.29, 1.82) is 0 Å². The van der Waals surface area contributed by atoms with Crippen LogP contribution in [0.5, 0.6) is 0 Å². The lowest BCUT2D eigenvalue weighted by atomic mass is 10.0. The van der Waals surface area contributed by atoms with E-state index in [1.807, 2.05) is 0 Å². The van der Waals surface area contributed by atoms with Crippen LogP contribution in [0, 0.1) is 0 Å². The first-order valence-corrected chi connectivity index (χ1v) is 16.7. The highest BCUT2D eigenvalue weighted by atomic mass is 15.1. The predicted molar refractivity (Wildman–Crippen MR) is 204 cm³/mol. The topological polar surface area (TPSA) is 27.2 Å². The first-order chi connectivity index (χ1) is 24.3. The van der Waals surface area contributed by atoms with Crippen molar-refractivity contribution in [2.45, 2.75) is 0 Å². The summed E-state index contributed by atoms with van der Waals surface area (Å²) in [6.45, 7) is 0. The summed E-state index contributed by atoms with van der Waals surface area (Å²) in [7, 11) is 0. The van der Waals surface area contributed by atoms with Crippen molar-refractivity contribution < 1.29 is 0 Å². The molecule has 4 heterocycles. The Hall–Kier alpha value is -6.65. The van der Waals surface area contributed by atoms with E-state index < -0.39 is 0 Å². The van der Waals surface area contributed by atoms with E-state index in [0.29, 0.717) is 0 Å². The van der Waals surface area contributed by atoms with Crippen LogP contribution in [0.4, 0.5) is 0 Å². The molecule has 0 aliphatic rings. The summed E-state index contributed by atoms with van der Waals surface area (Å²) in [6.07, 6.45) is 0. The summed E-state index contributed by atoms with van der Waals surface area (Å²) in [5, 5.41) is 6.03. The van der Waals surface area contributed by atoms with E-state index in [1.165, 1.54) is 65.9 Å². The number of pyridine rings is 1. The van der Waals surface area contributed by atoms with Crippen LogP contribution in [-0.2, 0) is 0 Å². The standard InChI is InChI=1S/C45H28N4/c1-3-13-31(14-4-1)47-39-21-11-9-17-33(39)36-27-29(23-25-40(36)47)30-24-26-41-37(28-30)44-43(48(41)32-15-5-2-6-16-32)34-18-7-8-19-35(34)45-46-38-20-10-12-22-42(38)49(44)45/h1-28H. The zero-order chi connectivity index (χ0) is 32.1. The van der Waals surface area contributed by atoms with Gasteiger partial charge in [0, 0.05) is 38.3 Å². The molecule has 4 aromatic heterocycles. The Morgan fingerprint density at radius 2 is 0.878 bits per heavy atom. The first-order valence-electron chi connectivity index (χ1n) is 16.7. The molecule has 0 amide bonds. The molecule has 0 bridgehead atoms. The highest BCUT2D eigenvalue weighted by Crippen LogP contribution is 2.42. The number of nitrogens with zero attached hydrogens (tertiary/aromatic N) is 4. The van der Waals surface area contributed by atoms with Crippen molar-refractivity contribution in [2.75, 3.05) is 0 Å². The lowest BCUT2D eigenvalue weighted by Gasteiger charge is -2.11. The average Bonchev–Trinajstić information content (AvgIpc) is 3.83. The molecule has 0 saturated carbocycles. The number of imidazole rings is 1. The Bertz CT molecular complexity index is 3090. The lowest BCUT2D eigenvalue weighted by molar-refractivity contribution is 1.18. The van der Waals surface area contributed by atoms with Gasteiger partial charge >= 0.3 is 0 Å². The zero-order valence-electron chi connectivity index (χ0n) is 26.5. The molecule has 0 radical (unpaired) electrons. The molecule has 11 aromatic rings. The van der Waals surface area contributed by atoms with Crippen LogP contribution < -0.4 is 0 Å². The lowest BCUT2D eigenvalue weighted by Crippen LogP contribution is -1.96. The highest BCUT2D eigenvalue weighted by molar-refractivity contribution is 6.22. The zero-order valence-corrected chi connectivity index (χ0v) is 26.5. The molecule has 0 atom stereocenters. The second-order valence-corrected chi connectivity index (χ2v) is 12.8. The molecule has 7 aromatic carbocycles. The van der Waals surface area contributed by atoms with Gasteiger partial charge in [-0.05, 0) is 77.9 Å². The van der Waals surface area contributed by atoms with Gasteiger partial charge in [0.1, 0.15) is 5.65 Å². The van der Waals surface area contributed by atoms with Crippen molar-refractivity contribution >= 4 is 71.2 Å². The minimum absolute atomic E-state index is 0.983. The van der Waals surface area contributed by atoms with Gasteiger partial charge in [-0.3, -0.25) is 4.40 Å². The van der Waals surface area contributed by atoms with Gasteiger partial charge in [0.05, 0.1) is 38.6 Å². The normalized spacial score (nSPS) is 12.1. The molecular weight excluding hydrogens is 597 g/mol. The van der Waals surface area contributed by atoms with Crippen molar-refractivity contribution in [3.8, 4) is 22.5 Å². The fourth-order valence-corrected chi connectivity index (χ4v) is 8.10. The van der Waals surface area contributed by atoms with Gasteiger partial charge in [0.15, 0.2) is 0 Å². The highest BCUT2D eigenvalue weighted by Gasteiger charge is 2.22. The third-order valence-electron chi connectivity index (χ3n) is 10.2.